The minimum Gasteiger partial charge on any atom is -0.490 e. The first-order valence-corrected chi connectivity index (χ1v) is 10.7. The molecule has 3 aromatic rings. The van der Waals surface area contributed by atoms with E-state index >= 15 is 0 Å². The fourth-order valence-electron chi connectivity index (χ4n) is 3.48. The van der Waals surface area contributed by atoms with Gasteiger partial charge in [0, 0.05) is 24.6 Å². The van der Waals surface area contributed by atoms with Crippen LogP contribution >= 0.6 is 0 Å². The lowest BCUT2D eigenvalue weighted by Crippen LogP contribution is -2.26. The summed E-state index contributed by atoms with van der Waals surface area (Å²) in [7, 11) is 0. The average Bonchev–Trinajstić information content (AvgIpc) is 2.78. The third kappa shape index (κ3) is 5.78. The summed E-state index contributed by atoms with van der Waals surface area (Å²) >= 11 is 0. The molecule has 0 fully saturated rings. The molecule has 1 aromatic heterocycles. The van der Waals surface area contributed by atoms with E-state index in [9.17, 15) is 19.8 Å². The van der Waals surface area contributed by atoms with Gasteiger partial charge in [0.25, 0.3) is 0 Å². The highest BCUT2D eigenvalue weighted by molar-refractivity contribution is 6.03. The average molecular weight is 453 g/mol. The summed E-state index contributed by atoms with van der Waals surface area (Å²) in [6, 6.07) is 12.1. The van der Waals surface area contributed by atoms with Crippen molar-refractivity contribution in [3.05, 3.63) is 65.4 Å². The van der Waals surface area contributed by atoms with Gasteiger partial charge in [-0.25, -0.2) is 9.59 Å². The molecule has 1 atom stereocenters. The maximum Gasteiger partial charge on any atom is 0.337 e. The van der Waals surface area contributed by atoms with Crippen LogP contribution in [0.15, 0.2) is 48.7 Å². The van der Waals surface area contributed by atoms with E-state index in [4.69, 9.17) is 14.2 Å². The van der Waals surface area contributed by atoms with Crippen molar-refractivity contribution in [3.63, 3.8) is 0 Å². The van der Waals surface area contributed by atoms with E-state index in [1.165, 1.54) is 6.07 Å². The zero-order chi connectivity index (χ0) is 24.0. The van der Waals surface area contributed by atoms with E-state index in [1.807, 2.05) is 19.9 Å². The zero-order valence-electron chi connectivity index (χ0n) is 18.8. The van der Waals surface area contributed by atoms with Gasteiger partial charge >= 0.3 is 11.9 Å². The van der Waals surface area contributed by atoms with Gasteiger partial charge in [0.05, 0.1) is 22.7 Å². The van der Waals surface area contributed by atoms with Gasteiger partial charge in [-0.15, -0.1) is 0 Å². The fourth-order valence-corrected chi connectivity index (χ4v) is 3.48. The maximum atomic E-state index is 11.6. The van der Waals surface area contributed by atoms with Gasteiger partial charge in [-0.2, -0.15) is 0 Å². The molecule has 2 N–H and O–H groups in total. The van der Waals surface area contributed by atoms with Gasteiger partial charge in [0.15, 0.2) is 6.10 Å². The summed E-state index contributed by atoms with van der Waals surface area (Å²) in [4.78, 5) is 27.5. The zero-order valence-corrected chi connectivity index (χ0v) is 18.8. The Balaban J connectivity index is 1.93. The first kappa shape index (κ1) is 24.0. The van der Waals surface area contributed by atoms with Crippen LogP contribution in [0, 0.1) is 0 Å². The third-order valence-corrected chi connectivity index (χ3v) is 4.91. The number of benzene rings is 2. The quantitative estimate of drug-likeness (QED) is 0.441. The molecule has 0 spiro atoms. The van der Waals surface area contributed by atoms with Crippen LogP contribution in [0.25, 0.3) is 10.9 Å². The number of hydrogen-bond acceptors (Lipinski definition) is 6. The molecule has 8 heteroatoms. The number of ether oxygens (including phenoxy) is 3. The van der Waals surface area contributed by atoms with Crippen molar-refractivity contribution in [1.29, 1.82) is 0 Å². The highest BCUT2D eigenvalue weighted by Gasteiger charge is 2.21. The SMILES string of the molecule is CCOC(Cc1ccccc1OCc1cnc2c(C(=O)O)cccc2c1OC(C)C)C(=O)O. The van der Waals surface area contributed by atoms with Gasteiger partial charge in [-0.1, -0.05) is 24.3 Å². The van der Waals surface area contributed by atoms with Crippen molar-refractivity contribution in [2.24, 2.45) is 0 Å². The Morgan fingerprint density at radius 3 is 2.45 bits per heavy atom. The minimum atomic E-state index is -1.07. The van der Waals surface area contributed by atoms with Gasteiger partial charge < -0.3 is 24.4 Å². The Morgan fingerprint density at radius 2 is 1.79 bits per heavy atom. The highest BCUT2D eigenvalue weighted by Crippen LogP contribution is 2.32. The molecule has 0 aliphatic heterocycles. The Morgan fingerprint density at radius 1 is 1.03 bits per heavy atom. The fraction of sp³-hybridized carbons (Fsp3) is 0.320. The van der Waals surface area contributed by atoms with Crippen molar-refractivity contribution in [2.75, 3.05) is 6.61 Å². The van der Waals surface area contributed by atoms with E-state index < -0.39 is 18.0 Å². The first-order valence-electron chi connectivity index (χ1n) is 10.7. The molecule has 1 unspecified atom stereocenters. The highest BCUT2D eigenvalue weighted by atomic mass is 16.5. The summed E-state index contributed by atoms with van der Waals surface area (Å²) in [5.41, 5.74) is 1.78. The van der Waals surface area contributed by atoms with Crippen LogP contribution in [0.2, 0.25) is 0 Å². The van der Waals surface area contributed by atoms with Crippen molar-refractivity contribution in [2.45, 2.75) is 46.0 Å². The Hall–Kier alpha value is -3.65. The summed E-state index contributed by atoms with van der Waals surface area (Å²) in [5, 5.41) is 19.5. The van der Waals surface area contributed by atoms with Crippen molar-refractivity contribution >= 4 is 22.8 Å². The van der Waals surface area contributed by atoms with Crippen LogP contribution < -0.4 is 9.47 Å². The van der Waals surface area contributed by atoms with E-state index in [2.05, 4.69) is 4.98 Å². The van der Waals surface area contributed by atoms with E-state index in [1.54, 1.807) is 43.5 Å². The molecule has 0 saturated carbocycles. The Bertz CT molecular complexity index is 1140. The molecule has 174 valence electrons. The Kier molecular flexibility index (Phi) is 7.84. The third-order valence-electron chi connectivity index (χ3n) is 4.91. The van der Waals surface area contributed by atoms with Crippen molar-refractivity contribution in [1.82, 2.24) is 4.98 Å². The topological polar surface area (TPSA) is 115 Å². The van der Waals surface area contributed by atoms with Crippen molar-refractivity contribution in [3.8, 4) is 11.5 Å². The lowest BCUT2D eigenvalue weighted by atomic mass is 10.1. The Labute approximate surface area is 191 Å². The van der Waals surface area contributed by atoms with E-state index in [-0.39, 0.29) is 31.3 Å². The second-order valence-electron chi connectivity index (χ2n) is 7.67. The smallest absolute Gasteiger partial charge is 0.337 e. The van der Waals surface area contributed by atoms with E-state index in [0.29, 0.717) is 33.5 Å². The minimum absolute atomic E-state index is 0.0922. The second-order valence-corrected chi connectivity index (χ2v) is 7.67. The standard InChI is InChI=1S/C25H27NO7/c1-4-31-21(25(29)30)12-16-8-5-6-11-20(16)32-14-17-13-26-22-18(23(17)33-15(2)3)9-7-10-19(22)24(27)28/h5-11,13,15,21H,4,12,14H2,1-3H3,(H,27,28)(H,29,30). The summed E-state index contributed by atoms with van der Waals surface area (Å²) in [6.45, 7) is 5.90. The lowest BCUT2D eigenvalue weighted by molar-refractivity contribution is -0.149. The molecular formula is C25H27NO7. The maximum absolute atomic E-state index is 11.6. The van der Waals surface area contributed by atoms with Crippen LogP contribution in [0.4, 0.5) is 0 Å². The van der Waals surface area contributed by atoms with Crippen molar-refractivity contribution < 1.29 is 34.0 Å². The van der Waals surface area contributed by atoms with Crippen LogP contribution in [0.5, 0.6) is 11.5 Å². The predicted molar refractivity (Wildman–Crippen MR) is 122 cm³/mol. The van der Waals surface area contributed by atoms with Gasteiger partial charge in [-0.3, -0.25) is 4.98 Å². The molecule has 0 aliphatic carbocycles. The second kappa shape index (κ2) is 10.8. The molecule has 0 amide bonds. The molecule has 3 rings (SSSR count). The number of para-hydroxylation sites is 2. The molecule has 1 heterocycles. The number of carboxylic acid groups (broad SMARTS) is 2. The number of nitrogens with zero attached hydrogens (tertiary/aromatic N) is 1. The number of fused-ring (bicyclic) bond motifs is 1. The monoisotopic (exact) mass is 453 g/mol. The van der Waals surface area contributed by atoms with Crippen LogP contribution in [-0.4, -0.2) is 46.0 Å². The first-order chi connectivity index (χ1) is 15.8. The lowest BCUT2D eigenvalue weighted by Gasteiger charge is -2.19. The summed E-state index contributed by atoms with van der Waals surface area (Å²) in [6.07, 6.45) is 0.580. The van der Waals surface area contributed by atoms with Crippen LogP contribution in [0.1, 0.15) is 42.3 Å². The van der Waals surface area contributed by atoms with E-state index in [0.717, 1.165) is 0 Å². The molecule has 2 aromatic carbocycles. The largest absolute Gasteiger partial charge is 0.490 e. The molecular weight excluding hydrogens is 426 g/mol. The molecule has 33 heavy (non-hydrogen) atoms. The molecule has 0 aliphatic rings. The number of pyridine rings is 1. The summed E-state index contributed by atoms with van der Waals surface area (Å²) < 4.78 is 17.4. The van der Waals surface area contributed by atoms with Gasteiger partial charge in [0.1, 0.15) is 18.1 Å². The number of hydrogen-bond donors (Lipinski definition) is 2. The number of carboxylic acids is 2. The van der Waals surface area contributed by atoms with Gasteiger partial charge in [0.2, 0.25) is 0 Å². The van der Waals surface area contributed by atoms with Gasteiger partial charge in [-0.05, 0) is 44.5 Å². The number of rotatable bonds is 11. The molecule has 0 radical (unpaired) electrons. The normalized spacial score (nSPS) is 12.0. The molecule has 0 saturated heterocycles. The molecule has 8 nitrogen and oxygen atoms in total. The summed E-state index contributed by atoms with van der Waals surface area (Å²) in [5.74, 6) is -1.07. The van der Waals surface area contributed by atoms with Crippen LogP contribution in [-0.2, 0) is 22.6 Å². The predicted octanol–water partition coefficient (Wildman–Crippen LogP) is 4.33. The number of aromatic nitrogens is 1. The molecule has 0 bridgehead atoms. The van der Waals surface area contributed by atoms with Crippen LogP contribution in [0.3, 0.4) is 0 Å². The number of carbonyl (C=O) groups is 2. The number of aliphatic carboxylic acids is 1. The number of aromatic carboxylic acids is 1.